The molecule has 2 atom stereocenters. The van der Waals surface area contributed by atoms with Crippen LogP contribution in [0.4, 0.5) is 4.39 Å². The van der Waals surface area contributed by atoms with Crippen LogP contribution in [0.1, 0.15) is 18.4 Å². The lowest BCUT2D eigenvalue weighted by molar-refractivity contribution is -0.0453. The SMILES string of the molecule is CN=C(NCc1ccccc1F)NCC1CN2CCCC2CO1. The van der Waals surface area contributed by atoms with Crippen LogP contribution >= 0.6 is 0 Å². The van der Waals surface area contributed by atoms with Gasteiger partial charge in [0.2, 0.25) is 0 Å². The molecule has 0 radical (unpaired) electrons. The van der Waals surface area contributed by atoms with E-state index < -0.39 is 0 Å². The summed E-state index contributed by atoms with van der Waals surface area (Å²) in [5.41, 5.74) is 0.629. The fourth-order valence-corrected chi connectivity index (χ4v) is 3.26. The number of nitrogens with zero attached hydrogens (tertiary/aromatic N) is 2. The Morgan fingerprint density at radius 3 is 3.09 bits per heavy atom. The molecule has 0 saturated carbocycles. The van der Waals surface area contributed by atoms with E-state index in [-0.39, 0.29) is 11.9 Å². The van der Waals surface area contributed by atoms with Crippen LogP contribution in [-0.2, 0) is 11.3 Å². The van der Waals surface area contributed by atoms with E-state index in [2.05, 4.69) is 20.5 Å². The maximum absolute atomic E-state index is 13.6. The fourth-order valence-electron chi connectivity index (χ4n) is 3.26. The van der Waals surface area contributed by atoms with Gasteiger partial charge in [-0.1, -0.05) is 18.2 Å². The van der Waals surface area contributed by atoms with Crippen molar-refractivity contribution in [2.75, 3.05) is 33.3 Å². The van der Waals surface area contributed by atoms with Gasteiger partial charge in [-0.25, -0.2) is 4.39 Å². The predicted octanol–water partition coefficient (Wildman–Crippen LogP) is 1.35. The third-order valence-electron chi connectivity index (χ3n) is 4.59. The zero-order valence-corrected chi connectivity index (χ0v) is 13.6. The molecule has 2 saturated heterocycles. The standard InChI is InChI=1S/C17H25FN4O/c1-19-17(20-9-13-5-2-3-7-16(13)18)21-10-15-11-22-8-4-6-14(22)12-23-15/h2-3,5,7,14-15H,4,6,8-12H2,1H3,(H2,19,20,21). The van der Waals surface area contributed by atoms with E-state index in [0.717, 1.165) is 13.2 Å². The normalized spacial score (nSPS) is 25.2. The molecule has 3 rings (SSSR count). The van der Waals surface area contributed by atoms with Gasteiger partial charge in [-0.15, -0.1) is 0 Å². The second-order valence-electron chi connectivity index (χ2n) is 6.14. The summed E-state index contributed by atoms with van der Waals surface area (Å²) in [7, 11) is 1.72. The van der Waals surface area contributed by atoms with Gasteiger partial charge in [-0.2, -0.15) is 0 Å². The van der Waals surface area contributed by atoms with Crippen molar-refractivity contribution in [2.24, 2.45) is 4.99 Å². The largest absolute Gasteiger partial charge is 0.373 e. The Kier molecular flexibility index (Phi) is 5.46. The number of rotatable bonds is 4. The Morgan fingerprint density at radius 2 is 2.26 bits per heavy atom. The molecule has 6 heteroatoms. The van der Waals surface area contributed by atoms with Crippen LogP contribution < -0.4 is 10.6 Å². The molecule has 2 aliphatic heterocycles. The minimum atomic E-state index is -0.203. The molecule has 23 heavy (non-hydrogen) atoms. The number of nitrogens with one attached hydrogen (secondary N) is 2. The third-order valence-corrected chi connectivity index (χ3v) is 4.59. The van der Waals surface area contributed by atoms with Gasteiger partial charge in [0.15, 0.2) is 5.96 Å². The van der Waals surface area contributed by atoms with E-state index in [1.165, 1.54) is 25.5 Å². The molecule has 2 fully saturated rings. The third kappa shape index (κ3) is 4.20. The van der Waals surface area contributed by atoms with Gasteiger partial charge in [-0.05, 0) is 25.5 Å². The van der Waals surface area contributed by atoms with Crippen molar-refractivity contribution in [1.82, 2.24) is 15.5 Å². The van der Waals surface area contributed by atoms with Crippen molar-refractivity contribution >= 4 is 5.96 Å². The van der Waals surface area contributed by atoms with Crippen molar-refractivity contribution in [3.63, 3.8) is 0 Å². The monoisotopic (exact) mass is 320 g/mol. The lowest BCUT2D eigenvalue weighted by Crippen LogP contribution is -2.51. The van der Waals surface area contributed by atoms with Gasteiger partial charge < -0.3 is 15.4 Å². The van der Waals surface area contributed by atoms with Crippen LogP contribution in [0.15, 0.2) is 29.3 Å². The summed E-state index contributed by atoms with van der Waals surface area (Å²) >= 11 is 0. The van der Waals surface area contributed by atoms with E-state index >= 15 is 0 Å². The molecule has 2 unspecified atom stereocenters. The van der Waals surface area contributed by atoms with Crippen molar-refractivity contribution in [1.29, 1.82) is 0 Å². The Bertz CT molecular complexity index is 551. The smallest absolute Gasteiger partial charge is 0.191 e. The van der Waals surface area contributed by atoms with Crippen LogP contribution in [0, 0.1) is 5.82 Å². The maximum Gasteiger partial charge on any atom is 0.191 e. The van der Waals surface area contributed by atoms with Gasteiger partial charge in [0, 0.05) is 38.3 Å². The van der Waals surface area contributed by atoms with Crippen LogP contribution in [0.5, 0.6) is 0 Å². The first kappa shape index (κ1) is 16.2. The number of benzene rings is 1. The highest BCUT2D eigenvalue weighted by molar-refractivity contribution is 5.79. The molecule has 2 aliphatic rings. The molecule has 1 aromatic rings. The van der Waals surface area contributed by atoms with Crippen molar-refractivity contribution in [2.45, 2.75) is 31.5 Å². The van der Waals surface area contributed by atoms with E-state index in [0.29, 0.717) is 30.7 Å². The molecule has 0 aromatic heterocycles. The first-order chi connectivity index (χ1) is 11.3. The summed E-state index contributed by atoms with van der Waals surface area (Å²) in [5.74, 6) is 0.464. The van der Waals surface area contributed by atoms with Crippen LogP contribution in [0.25, 0.3) is 0 Å². The molecule has 2 N–H and O–H groups in total. The Labute approximate surface area is 136 Å². The molecule has 5 nitrogen and oxygen atoms in total. The second kappa shape index (κ2) is 7.75. The van der Waals surface area contributed by atoms with Crippen LogP contribution in [-0.4, -0.2) is 56.3 Å². The first-order valence-electron chi connectivity index (χ1n) is 8.30. The highest BCUT2D eigenvalue weighted by Gasteiger charge is 2.32. The maximum atomic E-state index is 13.6. The summed E-state index contributed by atoms with van der Waals surface area (Å²) in [6.07, 6.45) is 2.71. The van der Waals surface area contributed by atoms with Gasteiger partial charge in [-0.3, -0.25) is 9.89 Å². The van der Waals surface area contributed by atoms with Crippen LogP contribution in [0.2, 0.25) is 0 Å². The number of guanidine groups is 1. The van der Waals surface area contributed by atoms with Crippen molar-refractivity contribution < 1.29 is 9.13 Å². The molecular formula is C17H25FN4O. The lowest BCUT2D eigenvalue weighted by Gasteiger charge is -2.35. The van der Waals surface area contributed by atoms with Gasteiger partial charge in [0.25, 0.3) is 0 Å². The van der Waals surface area contributed by atoms with E-state index in [1.54, 1.807) is 19.2 Å². The van der Waals surface area contributed by atoms with E-state index in [4.69, 9.17) is 4.74 Å². The molecule has 0 spiro atoms. The first-order valence-corrected chi connectivity index (χ1v) is 8.30. The topological polar surface area (TPSA) is 48.9 Å². The Morgan fingerprint density at radius 1 is 1.39 bits per heavy atom. The van der Waals surface area contributed by atoms with E-state index in [1.807, 2.05) is 6.07 Å². The number of morpholine rings is 1. The number of halogens is 1. The Hall–Kier alpha value is -1.66. The zero-order valence-electron chi connectivity index (χ0n) is 13.6. The zero-order chi connectivity index (χ0) is 16.1. The van der Waals surface area contributed by atoms with Gasteiger partial charge in [0.05, 0.1) is 12.7 Å². The predicted molar refractivity (Wildman–Crippen MR) is 88.9 cm³/mol. The molecule has 0 bridgehead atoms. The lowest BCUT2D eigenvalue weighted by atomic mass is 10.2. The molecular weight excluding hydrogens is 295 g/mol. The average Bonchev–Trinajstić information content (AvgIpc) is 3.04. The molecule has 0 amide bonds. The summed E-state index contributed by atoms with van der Waals surface area (Å²) in [6, 6.07) is 7.38. The van der Waals surface area contributed by atoms with Crippen molar-refractivity contribution in [3.05, 3.63) is 35.6 Å². The molecule has 2 heterocycles. The summed E-state index contributed by atoms with van der Waals surface area (Å²) < 4.78 is 19.5. The Balaban J connectivity index is 1.44. The summed E-state index contributed by atoms with van der Waals surface area (Å²) in [6.45, 7) is 4.10. The quantitative estimate of drug-likeness (QED) is 0.650. The minimum Gasteiger partial charge on any atom is -0.373 e. The minimum absolute atomic E-state index is 0.177. The molecule has 126 valence electrons. The summed E-state index contributed by atoms with van der Waals surface area (Å²) in [5, 5.41) is 6.42. The average molecular weight is 320 g/mol. The molecule has 0 aliphatic carbocycles. The van der Waals surface area contributed by atoms with Gasteiger partial charge in [0.1, 0.15) is 5.82 Å². The van der Waals surface area contributed by atoms with E-state index in [9.17, 15) is 4.39 Å². The number of hydrogen-bond acceptors (Lipinski definition) is 3. The number of ether oxygens (including phenoxy) is 1. The summed E-state index contributed by atoms with van der Waals surface area (Å²) in [4.78, 5) is 6.71. The molecule has 1 aromatic carbocycles. The van der Waals surface area contributed by atoms with Crippen molar-refractivity contribution in [3.8, 4) is 0 Å². The number of hydrogen-bond donors (Lipinski definition) is 2. The van der Waals surface area contributed by atoms with Gasteiger partial charge >= 0.3 is 0 Å². The fraction of sp³-hybridized carbons (Fsp3) is 0.588. The number of aliphatic imine (C=N–C) groups is 1. The van der Waals surface area contributed by atoms with Crippen LogP contribution in [0.3, 0.4) is 0 Å². The highest BCUT2D eigenvalue weighted by atomic mass is 19.1. The highest BCUT2D eigenvalue weighted by Crippen LogP contribution is 2.22. The second-order valence-corrected chi connectivity index (χ2v) is 6.14. The number of fused-ring (bicyclic) bond motifs is 1.